The van der Waals surface area contributed by atoms with Gasteiger partial charge in [-0.3, -0.25) is 4.79 Å². The minimum Gasteiger partial charge on any atom is -0.380 e. The van der Waals surface area contributed by atoms with Crippen molar-refractivity contribution in [3.8, 4) is 5.75 Å². The standard InChI is InChI=1S/C13H20N2O2/c14-11-7-2-1-6-10-13(16)15-17-12-8-4-3-5-9-12/h3-5,8-9H,1-2,6-7,10-11,14H2,(H,15,16). The van der Waals surface area contributed by atoms with Crippen LogP contribution in [0.15, 0.2) is 30.3 Å². The number of amides is 1. The molecule has 4 heteroatoms. The van der Waals surface area contributed by atoms with Crippen LogP contribution in [0.3, 0.4) is 0 Å². The summed E-state index contributed by atoms with van der Waals surface area (Å²) in [4.78, 5) is 16.5. The predicted octanol–water partition coefficient (Wildman–Crippen LogP) is 2.01. The van der Waals surface area contributed by atoms with Crippen molar-refractivity contribution in [3.05, 3.63) is 30.3 Å². The number of carbonyl (C=O) groups excluding carboxylic acids is 1. The maximum absolute atomic E-state index is 11.4. The Morgan fingerprint density at radius 2 is 1.82 bits per heavy atom. The monoisotopic (exact) mass is 236 g/mol. The second-order valence-electron chi connectivity index (χ2n) is 3.89. The zero-order chi connectivity index (χ0) is 12.3. The van der Waals surface area contributed by atoms with Gasteiger partial charge in [-0.25, -0.2) is 0 Å². The van der Waals surface area contributed by atoms with Crippen LogP contribution in [-0.2, 0) is 4.79 Å². The summed E-state index contributed by atoms with van der Waals surface area (Å²) >= 11 is 0. The van der Waals surface area contributed by atoms with Crippen LogP contribution in [0.1, 0.15) is 32.1 Å². The maximum Gasteiger partial charge on any atom is 0.252 e. The molecule has 0 spiro atoms. The summed E-state index contributed by atoms with van der Waals surface area (Å²) in [6.45, 7) is 0.726. The van der Waals surface area contributed by atoms with Gasteiger partial charge in [-0.2, -0.15) is 5.48 Å². The molecule has 94 valence electrons. The summed E-state index contributed by atoms with van der Waals surface area (Å²) in [7, 11) is 0. The third kappa shape index (κ3) is 6.58. The minimum atomic E-state index is -0.0819. The molecule has 0 aliphatic heterocycles. The van der Waals surface area contributed by atoms with E-state index < -0.39 is 0 Å². The summed E-state index contributed by atoms with van der Waals surface area (Å²) < 4.78 is 0. The van der Waals surface area contributed by atoms with Gasteiger partial charge >= 0.3 is 0 Å². The van der Waals surface area contributed by atoms with Gasteiger partial charge in [0.25, 0.3) is 5.91 Å². The molecule has 17 heavy (non-hydrogen) atoms. The lowest BCUT2D eigenvalue weighted by atomic mass is 10.1. The Labute approximate surface area is 102 Å². The number of hydroxylamine groups is 1. The van der Waals surface area contributed by atoms with E-state index in [4.69, 9.17) is 10.6 Å². The first-order valence-corrected chi connectivity index (χ1v) is 6.03. The lowest BCUT2D eigenvalue weighted by molar-refractivity contribution is -0.127. The molecular formula is C13H20N2O2. The van der Waals surface area contributed by atoms with Crippen molar-refractivity contribution in [3.63, 3.8) is 0 Å². The fourth-order valence-corrected chi connectivity index (χ4v) is 1.44. The second kappa shape index (κ2) is 8.58. The van der Waals surface area contributed by atoms with Crippen LogP contribution in [-0.4, -0.2) is 12.5 Å². The Bertz CT molecular complexity index is 314. The Morgan fingerprint density at radius 1 is 1.12 bits per heavy atom. The molecule has 0 saturated heterocycles. The zero-order valence-corrected chi connectivity index (χ0v) is 10.0. The number of hydrogen-bond donors (Lipinski definition) is 2. The van der Waals surface area contributed by atoms with Gasteiger partial charge < -0.3 is 10.6 Å². The van der Waals surface area contributed by atoms with Gasteiger partial charge in [-0.05, 0) is 31.5 Å². The van der Waals surface area contributed by atoms with Crippen LogP contribution in [0.5, 0.6) is 5.75 Å². The SMILES string of the molecule is NCCCCCCC(=O)NOc1ccccc1. The van der Waals surface area contributed by atoms with Crippen molar-refractivity contribution in [1.29, 1.82) is 0 Å². The van der Waals surface area contributed by atoms with E-state index in [9.17, 15) is 4.79 Å². The molecule has 0 heterocycles. The van der Waals surface area contributed by atoms with Crippen LogP contribution in [0.2, 0.25) is 0 Å². The highest BCUT2D eigenvalue weighted by Crippen LogP contribution is 2.07. The fraction of sp³-hybridized carbons (Fsp3) is 0.462. The predicted molar refractivity (Wildman–Crippen MR) is 67.4 cm³/mol. The van der Waals surface area contributed by atoms with Crippen molar-refractivity contribution >= 4 is 5.91 Å². The molecule has 0 aromatic heterocycles. The van der Waals surface area contributed by atoms with E-state index in [2.05, 4.69) is 5.48 Å². The van der Waals surface area contributed by atoms with Crippen LogP contribution >= 0.6 is 0 Å². The molecule has 0 fully saturated rings. The number of nitrogens with one attached hydrogen (secondary N) is 1. The molecule has 0 unspecified atom stereocenters. The Morgan fingerprint density at radius 3 is 2.53 bits per heavy atom. The molecule has 0 radical (unpaired) electrons. The summed E-state index contributed by atoms with van der Waals surface area (Å²) in [6, 6.07) is 9.19. The molecule has 0 atom stereocenters. The normalized spacial score (nSPS) is 9.94. The summed E-state index contributed by atoms with van der Waals surface area (Å²) in [5.74, 6) is 0.561. The first kappa shape index (κ1) is 13.5. The number of hydrogen-bond acceptors (Lipinski definition) is 3. The molecule has 3 N–H and O–H groups in total. The zero-order valence-electron chi connectivity index (χ0n) is 10.0. The smallest absolute Gasteiger partial charge is 0.252 e. The number of carbonyl (C=O) groups is 1. The topological polar surface area (TPSA) is 64.4 Å². The fourth-order valence-electron chi connectivity index (χ4n) is 1.44. The van der Waals surface area contributed by atoms with E-state index in [-0.39, 0.29) is 5.91 Å². The average Bonchev–Trinajstić information content (AvgIpc) is 2.37. The van der Waals surface area contributed by atoms with Crippen molar-refractivity contribution in [2.75, 3.05) is 6.54 Å². The first-order chi connectivity index (χ1) is 8.33. The number of para-hydroxylation sites is 1. The van der Waals surface area contributed by atoms with E-state index in [1.807, 2.05) is 18.2 Å². The van der Waals surface area contributed by atoms with Crippen molar-refractivity contribution in [2.45, 2.75) is 32.1 Å². The van der Waals surface area contributed by atoms with Gasteiger partial charge in [0.2, 0.25) is 0 Å². The van der Waals surface area contributed by atoms with Gasteiger partial charge in [-0.15, -0.1) is 0 Å². The lowest BCUT2D eigenvalue weighted by Gasteiger charge is -2.06. The van der Waals surface area contributed by atoms with Crippen molar-refractivity contribution in [1.82, 2.24) is 5.48 Å². The van der Waals surface area contributed by atoms with Crippen LogP contribution < -0.4 is 16.1 Å². The summed E-state index contributed by atoms with van der Waals surface area (Å²) in [5.41, 5.74) is 7.81. The molecule has 1 aromatic carbocycles. The molecule has 4 nitrogen and oxygen atoms in total. The molecule has 0 aliphatic carbocycles. The number of benzene rings is 1. The van der Waals surface area contributed by atoms with E-state index in [0.29, 0.717) is 12.2 Å². The van der Waals surface area contributed by atoms with Crippen molar-refractivity contribution < 1.29 is 9.63 Å². The lowest BCUT2D eigenvalue weighted by Crippen LogP contribution is -2.26. The minimum absolute atomic E-state index is 0.0819. The molecule has 1 rings (SSSR count). The van der Waals surface area contributed by atoms with Crippen LogP contribution in [0, 0.1) is 0 Å². The Hall–Kier alpha value is -1.55. The van der Waals surface area contributed by atoms with Gasteiger partial charge in [0, 0.05) is 6.42 Å². The van der Waals surface area contributed by atoms with Crippen molar-refractivity contribution in [2.24, 2.45) is 5.73 Å². The highest BCUT2D eigenvalue weighted by molar-refractivity contribution is 5.74. The number of unbranched alkanes of at least 4 members (excludes halogenated alkanes) is 3. The summed E-state index contributed by atoms with van der Waals surface area (Å²) in [5, 5.41) is 0. The molecule has 1 amide bonds. The van der Waals surface area contributed by atoms with E-state index >= 15 is 0 Å². The van der Waals surface area contributed by atoms with Gasteiger partial charge in [0.1, 0.15) is 0 Å². The molecule has 0 bridgehead atoms. The van der Waals surface area contributed by atoms with Gasteiger partial charge in [0.05, 0.1) is 0 Å². The van der Waals surface area contributed by atoms with E-state index in [1.165, 1.54) is 0 Å². The third-order valence-electron chi connectivity index (χ3n) is 2.38. The van der Waals surface area contributed by atoms with Crippen LogP contribution in [0.25, 0.3) is 0 Å². The molecule has 1 aromatic rings. The maximum atomic E-state index is 11.4. The Kier molecular flexibility index (Phi) is 6.82. The average molecular weight is 236 g/mol. The van der Waals surface area contributed by atoms with Gasteiger partial charge in [0.15, 0.2) is 5.75 Å². The second-order valence-corrected chi connectivity index (χ2v) is 3.89. The third-order valence-corrected chi connectivity index (χ3v) is 2.38. The quantitative estimate of drug-likeness (QED) is 0.536. The number of rotatable bonds is 8. The highest BCUT2D eigenvalue weighted by atomic mass is 16.7. The molecular weight excluding hydrogens is 216 g/mol. The highest BCUT2D eigenvalue weighted by Gasteiger charge is 2.01. The number of nitrogens with two attached hydrogens (primary N) is 1. The first-order valence-electron chi connectivity index (χ1n) is 6.03. The molecule has 0 saturated carbocycles. The largest absolute Gasteiger partial charge is 0.380 e. The Balaban J connectivity index is 2.05. The van der Waals surface area contributed by atoms with E-state index in [0.717, 1.165) is 32.2 Å². The van der Waals surface area contributed by atoms with E-state index in [1.54, 1.807) is 12.1 Å². The molecule has 0 aliphatic rings. The van der Waals surface area contributed by atoms with Crippen LogP contribution in [0.4, 0.5) is 0 Å². The summed E-state index contributed by atoms with van der Waals surface area (Å²) in [6.07, 6.45) is 4.53. The van der Waals surface area contributed by atoms with Gasteiger partial charge in [-0.1, -0.05) is 31.0 Å².